The standard InChI is InChI=1S/C16H17N3O/c1-10(15-11(2)17-9-18-15)16(20)13-8-19(3)14-7-5-4-6-12(13)14/h4-10H,1-3H3,(H,17,18). The number of hydrogen-bond acceptors (Lipinski definition) is 2. The maximum absolute atomic E-state index is 12.8. The summed E-state index contributed by atoms with van der Waals surface area (Å²) in [6.45, 7) is 3.85. The Bertz CT molecular complexity index is 782. The van der Waals surface area contributed by atoms with E-state index in [1.54, 1.807) is 6.33 Å². The summed E-state index contributed by atoms with van der Waals surface area (Å²) >= 11 is 0. The molecule has 0 fully saturated rings. The summed E-state index contributed by atoms with van der Waals surface area (Å²) in [5, 5.41) is 1.00. The van der Waals surface area contributed by atoms with Crippen molar-refractivity contribution < 1.29 is 4.79 Å². The van der Waals surface area contributed by atoms with Gasteiger partial charge in [0.15, 0.2) is 5.78 Å². The van der Waals surface area contributed by atoms with Crippen molar-refractivity contribution in [2.45, 2.75) is 19.8 Å². The Morgan fingerprint density at radius 3 is 2.80 bits per heavy atom. The van der Waals surface area contributed by atoms with Crippen molar-refractivity contribution in [2.75, 3.05) is 0 Å². The normalized spacial score (nSPS) is 12.8. The lowest BCUT2D eigenvalue weighted by atomic mass is 9.95. The number of carbonyl (C=O) groups is 1. The fraction of sp³-hybridized carbons (Fsp3) is 0.250. The van der Waals surface area contributed by atoms with Crippen LogP contribution in [0.4, 0.5) is 0 Å². The van der Waals surface area contributed by atoms with Crippen LogP contribution in [0.5, 0.6) is 0 Å². The Balaban J connectivity index is 2.07. The number of aromatic amines is 1. The highest BCUT2D eigenvalue weighted by atomic mass is 16.1. The third kappa shape index (κ3) is 1.84. The molecule has 2 heterocycles. The van der Waals surface area contributed by atoms with Gasteiger partial charge >= 0.3 is 0 Å². The lowest BCUT2D eigenvalue weighted by Crippen LogP contribution is -2.10. The van der Waals surface area contributed by atoms with Gasteiger partial charge in [-0.2, -0.15) is 0 Å². The highest BCUT2D eigenvalue weighted by molar-refractivity contribution is 6.10. The molecule has 0 saturated carbocycles. The van der Waals surface area contributed by atoms with Crippen molar-refractivity contribution in [2.24, 2.45) is 7.05 Å². The zero-order valence-electron chi connectivity index (χ0n) is 11.8. The fourth-order valence-corrected chi connectivity index (χ4v) is 2.70. The minimum Gasteiger partial charge on any atom is -0.350 e. The van der Waals surface area contributed by atoms with Gasteiger partial charge in [-0.3, -0.25) is 4.79 Å². The molecule has 3 aromatic rings. The predicted molar refractivity (Wildman–Crippen MR) is 79.0 cm³/mol. The molecule has 0 aliphatic rings. The van der Waals surface area contributed by atoms with Gasteiger partial charge in [-0.05, 0) is 19.9 Å². The predicted octanol–water partition coefficient (Wildman–Crippen LogP) is 3.20. The molecule has 20 heavy (non-hydrogen) atoms. The van der Waals surface area contributed by atoms with Crippen LogP contribution in [-0.2, 0) is 7.05 Å². The number of aromatic nitrogens is 3. The molecule has 0 bridgehead atoms. The first-order valence-electron chi connectivity index (χ1n) is 6.67. The smallest absolute Gasteiger partial charge is 0.173 e. The minimum absolute atomic E-state index is 0.108. The second kappa shape index (κ2) is 4.63. The van der Waals surface area contributed by atoms with Gasteiger partial charge in [0.2, 0.25) is 0 Å². The third-order valence-electron chi connectivity index (χ3n) is 3.83. The molecule has 0 aliphatic carbocycles. The third-order valence-corrected chi connectivity index (χ3v) is 3.83. The van der Waals surface area contributed by atoms with E-state index in [1.807, 2.05) is 55.9 Å². The van der Waals surface area contributed by atoms with Crippen molar-refractivity contribution in [1.29, 1.82) is 0 Å². The largest absolute Gasteiger partial charge is 0.350 e. The Hall–Kier alpha value is -2.36. The fourth-order valence-electron chi connectivity index (χ4n) is 2.70. The van der Waals surface area contributed by atoms with Crippen LogP contribution >= 0.6 is 0 Å². The van der Waals surface area contributed by atoms with Gasteiger partial charge in [-0.15, -0.1) is 0 Å². The van der Waals surface area contributed by atoms with E-state index in [4.69, 9.17) is 0 Å². The van der Waals surface area contributed by atoms with E-state index in [2.05, 4.69) is 9.97 Å². The number of nitrogens with one attached hydrogen (secondary N) is 1. The number of para-hydroxylation sites is 1. The van der Waals surface area contributed by atoms with Crippen molar-refractivity contribution in [1.82, 2.24) is 14.5 Å². The SMILES string of the molecule is Cc1[nH]cnc1C(C)C(=O)c1cn(C)c2ccccc12. The van der Waals surface area contributed by atoms with Crippen LogP contribution in [0.15, 0.2) is 36.8 Å². The van der Waals surface area contributed by atoms with Crippen LogP contribution in [0.3, 0.4) is 0 Å². The van der Waals surface area contributed by atoms with Gasteiger partial charge in [0.25, 0.3) is 0 Å². The van der Waals surface area contributed by atoms with Gasteiger partial charge in [0, 0.05) is 35.4 Å². The molecule has 1 N–H and O–H groups in total. The molecular weight excluding hydrogens is 250 g/mol. The number of carbonyl (C=O) groups excluding carboxylic acids is 1. The average molecular weight is 267 g/mol. The zero-order chi connectivity index (χ0) is 14.3. The average Bonchev–Trinajstić information content (AvgIpc) is 3.02. The summed E-state index contributed by atoms with van der Waals surface area (Å²) in [7, 11) is 1.96. The summed E-state index contributed by atoms with van der Waals surface area (Å²) in [6, 6.07) is 7.96. The Kier molecular flexibility index (Phi) is 2.93. The Morgan fingerprint density at radius 1 is 1.35 bits per heavy atom. The highest BCUT2D eigenvalue weighted by Crippen LogP contribution is 2.27. The monoisotopic (exact) mass is 267 g/mol. The van der Waals surface area contributed by atoms with Crippen molar-refractivity contribution in [3.63, 3.8) is 0 Å². The molecule has 2 aromatic heterocycles. The molecular formula is C16H17N3O. The number of Topliss-reactive ketones (excluding diaryl/α,β-unsaturated/α-hetero) is 1. The quantitative estimate of drug-likeness (QED) is 0.741. The topological polar surface area (TPSA) is 50.7 Å². The lowest BCUT2D eigenvalue weighted by molar-refractivity contribution is 0.0966. The minimum atomic E-state index is -0.243. The molecule has 102 valence electrons. The summed E-state index contributed by atoms with van der Waals surface area (Å²) in [5.41, 5.74) is 3.61. The van der Waals surface area contributed by atoms with E-state index in [0.29, 0.717) is 0 Å². The molecule has 1 unspecified atom stereocenters. The van der Waals surface area contributed by atoms with Crippen molar-refractivity contribution >= 4 is 16.7 Å². The van der Waals surface area contributed by atoms with E-state index in [0.717, 1.165) is 27.9 Å². The number of benzene rings is 1. The Labute approximate surface area is 117 Å². The molecule has 1 aromatic carbocycles. The molecule has 0 aliphatic heterocycles. The summed E-state index contributed by atoms with van der Waals surface area (Å²) in [6.07, 6.45) is 3.54. The number of nitrogens with zero attached hydrogens (tertiary/aromatic N) is 2. The molecule has 0 spiro atoms. The number of ketones is 1. The van der Waals surface area contributed by atoms with Crippen LogP contribution in [0, 0.1) is 6.92 Å². The van der Waals surface area contributed by atoms with Crippen LogP contribution in [0.1, 0.15) is 34.6 Å². The van der Waals surface area contributed by atoms with Crippen LogP contribution in [-0.4, -0.2) is 20.3 Å². The van der Waals surface area contributed by atoms with Crippen molar-refractivity contribution in [3.8, 4) is 0 Å². The van der Waals surface area contributed by atoms with Crippen LogP contribution in [0.25, 0.3) is 10.9 Å². The maximum Gasteiger partial charge on any atom is 0.173 e. The van der Waals surface area contributed by atoms with Gasteiger partial charge in [-0.1, -0.05) is 18.2 Å². The van der Waals surface area contributed by atoms with Gasteiger partial charge < -0.3 is 9.55 Å². The van der Waals surface area contributed by atoms with Gasteiger partial charge in [0.1, 0.15) is 0 Å². The van der Waals surface area contributed by atoms with E-state index in [1.165, 1.54) is 0 Å². The molecule has 3 rings (SSSR count). The first-order valence-corrected chi connectivity index (χ1v) is 6.67. The summed E-state index contributed by atoms with van der Waals surface area (Å²) < 4.78 is 1.99. The molecule has 0 amide bonds. The number of fused-ring (bicyclic) bond motifs is 1. The molecule has 0 saturated heterocycles. The van der Waals surface area contributed by atoms with Crippen LogP contribution in [0.2, 0.25) is 0 Å². The van der Waals surface area contributed by atoms with E-state index in [9.17, 15) is 4.79 Å². The molecule has 0 radical (unpaired) electrons. The number of aryl methyl sites for hydroxylation is 2. The van der Waals surface area contributed by atoms with E-state index in [-0.39, 0.29) is 11.7 Å². The first kappa shape index (κ1) is 12.7. The maximum atomic E-state index is 12.8. The number of H-pyrrole nitrogens is 1. The van der Waals surface area contributed by atoms with Crippen molar-refractivity contribution in [3.05, 3.63) is 53.7 Å². The Morgan fingerprint density at radius 2 is 2.10 bits per heavy atom. The van der Waals surface area contributed by atoms with Crippen LogP contribution < -0.4 is 0 Å². The first-order chi connectivity index (χ1) is 9.59. The highest BCUT2D eigenvalue weighted by Gasteiger charge is 2.23. The number of imidazole rings is 1. The summed E-state index contributed by atoms with van der Waals surface area (Å²) in [4.78, 5) is 20.1. The number of hydrogen-bond donors (Lipinski definition) is 1. The molecule has 4 nitrogen and oxygen atoms in total. The summed E-state index contributed by atoms with van der Waals surface area (Å²) in [5.74, 6) is -0.135. The van der Waals surface area contributed by atoms with E-state index >= 15 is 0 Å². The second-order valence-corrected chi connectivity index (χ2v) is 5.17. The molecule has 4 heteroatoms. The van der Waals surface area contributed by atoms with Gasteiger partial charge in [0.05, 0.1) is 17.9 Å². The lowest BCUT2D eigenvalue weighted by Gasteiger charge is -2.08. The molecule has 1 atom stereocenters. The zero-order valence-corrected chi connectivity index (χ0v) is 11.8. The van der Waals surface area contributed by atoms with E-state index < -0.39 is 0 Å². The number of rotatable bonds is 3. The second-order valence-electron chi connectivity index (χ2n) is 5.17. The van der Waals surface area contributed by atoms with Gasteiger partial charge in [-0.25, -0.2) is 4.98 Å².